The topological polar surface area (TPSA) is 46.5 Å². The van der Waals surface area contributed by atoms with E-state index in [2.05, 4.69) is 4.52 Å². The quantitative estimate of drug-likeness (QED) is 0.854. The highest BCUT2D eigenvalue weighted by molar-refractivity contribution is 7.51. The second-order valence-electron chi connectivity index (χ2n) is 3.74. The third-order valence-electron chi connectivity index (χ3n) is 1.94. The number of alkyl halides is 3. The van der Waals surface area contributed by atoms with E-state index in [0.29, 0.717) is 5.56 Å². The monoisotopic (exact) mass is 268 g/mol. The summed E-state index contributed by atoms with van der Waals surface area (Å²) >= 11 is 0. The van der Waals surface area contributed by atoms with Crippen molar-refractivity contribution in [3.63, 3.8) is 0 Å². The van der Waals surface area contributed by atoms with Crippen LogP contribution in [0.2, 0.25) is 0 Å². The highest BCUT2D eigenvalue weighted by atomic mass is 31.2. The van der Waals surface area contributed by atoms with Gasteiger partial charge >= 0.3 is 13.8 Å². The number of benzene rings is 1. The van der Waals surface area contributed by atoms with E-state index in [0.717, 1.165) is 6.66 Å². The van der Waals surface area contributed by atoms with Gasteiger partial charge in [-0.05, 0) is 12.5 Å². The summed E-state index contributed by atoms with van der Waals surface area (Å²) in [4.78, 5) is 8.92. The molecule has 0 aliphatic rings. The Labute approximate surface area is 96.8 Å². The highest BCUT2D eigenvalue weighted by Gasteiger charge is 2.44. The molecule has 0 spiro atoms. The zero-order chi connectivity index (χ0) is 13.3. The standard InChI is InChI=1S/C10H12F3O3P/c1-7-4-3-5-8(6-7)9(10(11,12)13)16-17(2,14)15/h3-6,9H,1-2H3,(H,14,15)/t9-/m1/s1. The molecule has 2 atom stereocenters. The summed E-state index contributed by atoms with van der Waals surface area (Å²) in [6, 6.07) is 5.54. The minimum Gasteiger partial charge on any atom is -0.324 e. The maximum atomic E-state index is 12.7. The number of halogens is 3. The van der Waals surface area contributed by atoms with E-state index in [1.165, 1.54) is 18.2 Å². The van der Waals surface area contributed by atoms with Gasteiger partial charge in [-0.15, -0.1) is 0 Å². The molecule has 0 aliphatic heterocycles. The van der Waals surface area contributed by atoms with Crippen molar-refractivity contribution in [2.24, 2.45) is 0 Å². The lowest BCUT2D eigenvalue weighted by Crippen LogP contribution is -2.22. The molecular weight excluding hydrogens is 256 g/mol. The van der Waals surface area contributed by atoms with Crippen LogP contribution in [0.25, 0.3) is 0 Å². The molecule has 0 aromatic heterocycles. The van der Waals surface area contributed by atoms with Crippen molar-refractivity contribution in [3.8, 4) is 0 Å². The first-order chi connectivity index (χ1) is 7.59. The van der Waals surface area contributed by atoms with Gasteiger partial charge in [-0.25, -0.2) is 0 Å². The lowest BCUT2D eigenvalue weighted by Gasteiger charge is -2.22. The molecule has 0 radical (unpaired) electrons. The highest BCUT2D eigenvalue weighted by Crippen LogP contribution is 2.48. The van der Waals surface area contributed by atoms with Crippen LogP contribution in [0, 0.1) is 6.92 Å². The van der Waals surface area contributed by atoms with Crippen molar-refractivity contribution >= 4 is 7.60 Å². The fourth-order valence-corrected chi connectivity index (χ4v) is 1.97. The predicted octanol–water partition coefficient (Wildman–Crippen LogP) is 3.43. The second kappa shape index (κ2) is 4.80. The number of hydrogen-bond donors (Lipinski definition) is 1. The van der Waals surface area contributed by atoms with Crippen LogP contribution in [0.15, 0.2) is 24.3 Å². The van der Waals surface area contributed by atoms with Gasteiger partial charge in [-0.3, -0.25) is 9.09 Å². The summed E-state index contributed by atoms with van der Waals surface area (Å²) in [6.07, 6.45) is -7.12. The van der Waals surface area contributed by atoms with Crippen molar-refractivity contribution in [2.75, 3.05) is 6.66 Å². The molecule has 0 bridgehead atoms. The first-order valence-corrected chi connectivity index (χ1v) is 6.74. The van der Waals surface area contributed by atoms with E-state index < -0.39 is 19.9 Å². The van der Waals surface area contributed by atoms with Crippen LogP contribution in [0.1, 0.15) is 17.2 Å². The van der Waals surface area contributed by atoms with Gasteiger partial charge in [0.2, 0.25) is 0 Å². The summed E-state index contributed by atoms with van der Waals surface area (Å²) < 4.78 is 53.3. The van der Waals surface area contributed by atoms with Crippen LogP contribution in [-0.2, 0) is 9.09 Å². The van der Waals surface area contributed by atoms with E-state index in [-0.39, 0.29) is 5.56 Å². The zero-order valence-electron chi connectivity index (χ0n) is 9.23. The maximum Gasteiger partial charge on any atom is 0.419 e. The van der Waals surface area contributed by atoms with Crippen molar-refractivity contribution < 1.29 is 27.2 Å². The summed E-state index contributed by atoms with van der Waals surface area (Å²) in [5.41, 5.74) is 0.429. The lowest BCUT2D eigenvalue weighted by molar-refractivity contribution is -0.199. The molecule has 96 valence electrons. The van der Waals surface area contributed by atoms with Crippen LogP contribution in [-0.4, -0.2) is 17.7 Å². The molecule has 1 aromatic carbocycles. The SMILES string of the molecule is Cc1cccc([C@@H](OP(C)(=O)O)C(F)(F)F)c1. The molecule has 0 heterocycles. The van der Waals surface area contributed by atoms with Gasteiger partial charge in [-0.2, -0.15) is 13.2 Å². The molecule has 0 amide bonds. The minimum atomic E-state index is -4.73. The van der Waals surface area contributed by atoms with Gasteiger partial charge in [0.05, 0.1) is 0 Å². The molecule has 3 nitrogen and oxygen atoms in total. The summed E-state index contributed by atoms with van der Waals surface area (Å²) in [5.74, 6) is 0. The second-order valence-corrected chi connectivity index (χ2v) is 5.56. The minimum absolute atomic E-state index is 0.186. The van der Waals surface area contributed by atoms with E-state index in [1.807, 2.05) is 0 Å². The van der Waals surface area contributed by atoms with Crippen LogP contribution in [0.3, 0.4) is 0 Å². The van der Waals surface area contributed by atoms with E-state index in [4.69, 9.17) is 4.89 Å². The van der Waals surface area contributed by atoms with Gasteiger partial charge < -0.3 is 4.89 Å². The Bertz CT molecular complexity index is 439. The molecule has 1 aromatic rings. The molecule has 0 saturated carbocycles. The maximum absolute atomic E-state index is 12.7. The Kier molecular flexibility index (Phi) is 4.02. The summed E-state index contributed by atoms with van der Waals surface area (Å²) in [5, 5.41) is 0. The molecule has 0 fully saturated rings. The molecule has 7 heteroatoms. The van der Waals surface area contributed by atoms with E-state index in [1.54, 1.807) is 13.0 Å². The molecule has 1 rings (SSSR count). The Morgan fingerprint density at radius 1 is 1.41 bits per heavy atom. The van der Waals surface area contributed by atoms with Crippen LogP contribution in [0.4, 0.5) is 13.2 Å². The molecule has 0 aliphatic carbocycles. The fraction of sp³-hybridized carbons (Fsp3) is 0.400. The Morgan fingerprint density at radius 3 is 2.41 bits per heavy atom. The van der Waals surface area contributed by atoms with Crippen molar-refractivity contribution in [1.29, 1.82) is 0 Å². The first-order valence-electron chi connectivity index (χ1n) is 4.71. The molecule has 17 heavy (non-hydrogen) atoms. The first kappa shape index (κ1) is 14.2. The van der Waals surface area contributed by atoms with E-state index in [9.17, 15) is 17.7 Å². The third-order valence-corrected chi connectivity index (χ3v) is 2.55. The van der Waals surface area contributed by atoms with Gasteiger partial charge in [0.1, 0.15) is 0 Å². The average Bonchev–Trinajstić information content (AvgIpc) is 2.11. The van der Waals surface area contributed by atoms with Crippen molar-refractivity contribution in [3.05, 3.63) is 35.4 Å². The van der Waals surface area contributed by atoms with Crippen LogP contribution < -0.4 is 0 Å². The predicted molar refractivity (Wildman–Crippen MR) is 56.8 cm³/mol. The van der Waals surface area contributed by atoms with Crippen molar-refractivity contribution in [2.45, 2.75) is 19.2 Å². The van der Waals surface area contributed by atoms with Crippen molar-refractivity contribution in [1.82, 2.24) is 0 Å². The molecular formula is C10H12F3O3P. The summed E-state index contributed by atoms with van der Waals surface area (Å²) in [6.45, 7) is 2.35. The third kappa shape index (κ3) is 4.50. The van der Waals surface area contributed by atoms with Gasteiger partial charge in [-0.1, -0.05) is 29.8 Å². The van der Waals surface area contributed by atoms with Crippen LogP contribution in [0.5, 0.6) is 0 Å². The molecule has 1 unspecified atom stereocenters. The normalized spacial score (nSPS) is 17.5. The van der Waals surface area contributed by atoms with E-state index >= 15 is 0 Å². The zero-order valence-corrected chi connectivity index (χ0v) is 10.1. The van der Waals surface area contributed by atoms with Gasteiger partial charge in [0.15, 0.2) is 6.10 Å². The Hall–Kier alpha value is -0.840. The average molecular weight is 268 g/mol. The largest absolute Gasteiger partial charge is 0.419 e. The number of hydrogen-bond acceptors (Lipinski definition) is 2. The molecule has 0 saturated heterocycles. The van der Waals surface area contributed by atoms with Gasteiger partial charge in [0, 0.05) is 6.66 Å². The van der Waals surface area contributed by atoms with Gasteiger partial charge in [0.25, 0.3) is 0 Å². The Morgan fingerprint density at radius 2 is 2.00 bits per heavy atom. The lowest BCUT2D eigenvalue weighted by atomic mass is 10.1. The van der Waals surface area contributed by atoms with Crippen LogP contribution >= 0.6 is 7.60 Å². The number of aryl methyl sites for hydroxylation is 1. The fourth-order valence-electron chi connectivity index (χ4n) is 1.34. The molecule has 1 N–H and O–H groups in total. The summed E-state index contributed by atoms with van der Waals surface area (Å²) in [7, 11) is -4.22. The Balaban J connectivity index is 3.12. The number of rotatable bonds is 3. The smallest absolute Gasteiger partial charge is 0.324 e.